The summed E-state index contributed by atoms with van der Waals surface area (Å²) in [4.78, 5) is 8.82. The topological polar surface area (TPSA) is 89.3 Å². The van der Waals surface area contributed by atoms with Gasteiger partial charge < -0.3 is 10.9 Å². The highest BCUT2D eigenvalue weighted by molar-refractivity contribution is 5.96. The molecule has 20 heavy (non-hydrogen) atoms. The van der Waals surface area contributed by atoms with Crippen LogP contribution < -0.4 is 5.73 Å². The lowest BCUT2D eigenvalue weighted by molar-refractivity contribution is 0.318. The minimum absolute atomic E-state index is 0.0796. The Morgan fingerprint density at radius 2 is 2.10 bits per heavy atom. The summed E-state index contributed by atoms with van der Waals surface area (Å²) in [7, 11) is 0. The average Bonchev–Trinajstić information content (AvgIpc) is 2.83. The van der Waals surface area contributed by atoms with Crippen LogP contribution in [0.3, 0.4) is 0 Å². The largest absolute Gasteiger partial charge is 0.409 e. The molecule has 0 radical (unpaired) electrons. The monoisotopic (exact) mass is 271 g/mol. The first-order valence-electron chi connectivity index (χ1n) is 6.79. The lowest BCUT2D eigenvalue weighted by atomic mass is 10.1. The summed E-state index contributed by atoms with van der Waals surface area (Å²) in [5.41, 5.74) is 8.65. The fourth-order valence-corrected chi connectivity index (χ4v) is 2.71. The summed E-state index contributed by atoms with van der Waals surface area (Å²) in [6.45, 7) is 0. The Hall–Kier alpha value is -2.37. The fourth-order valence-electron chi connectivity index (χ4n) is 2.71. The van der Waals surface area contributed by atoms with Gasteiger partial charge in [0.1, 0.15) is 12.1 Å². The van der Waals surface area contributed by atoms with Crippen molar-refractivity contribution in [1.82, 2.24) is 14.5 Å². The minimum Gasteiger partial charge on any atom is -0.409 e. The molecule has 0 aromatic carbocycles. The molecule has 1 aliphatic rings. The molecule has 0 atom stereocenters. The molecule has 0 saturated carbocycles. The predicted molar refractivity (Wildman–Crippen MR) is 75.1 cm³/mol. The SMILES string of the molecule is N/C(=N/O)c1cccn1-c1ncnc2c1CCCCC2. The first-order chi connectivity index (χ1) is 9.81. The van der Waals surface area contributed by atoms with Gasteiger partial charge in [-0.3, -0.25) is 4.57 Å². The lowest BCUT2D eigenvalue weighted by Gasteiger charge is -2.13. The van der Waals surface area contributed by atoms with E-state index in [2.05, 4.69) is 15.1 Å². The molecule has 104 valence electrons. The van der Waals surface area contributed by atoms with E-state index in [4.69, 9.17) is 10.9 Å². The smallest absolute Gasteiger partial charge is 0.187 e. The van der Waals surface area contributed by atoms with Crippen LogP contribution in [0.25, 0.3) is 5.82 Å². The van der Waals surface area contributed by atoms with Crippen molar-refractivity contribution in [1.29, 1.82) is 0 Å². The van der Waals surface area contributed by atoms with Crippen molar-refractivity contribution in [2.24, 2.45) is 10.9 Å². The number of rotatable bonds is 2. The zero-order chi connectivity index (χ0) is 13.9. The molecule has 2 aromatic rings. The number of hydrogen-bond acceptors (Lipinski definition) is 4. The highest BCUT2D eigenvalue weighted by Gasteiger charge is 2.17. The van der Waals surface area contributed by atoms with Crippen LogP contribution in [0, 0.1) is 0 Å². The molecule has 0 spiro atoms. The second kappa shape index (κ2) is 5.32. The molecule has 0 unspecified atom stereocenters. The Kier molecular flexibility index (Phi) is 3.37. The van der Waals surface area contributed by atoms with Crippen LogP contribution in [-0.2, 0) is 12.8 Å². The van der Waals surface area contributed by atoms with Crippen LogP contribution >= 0.6 is 0 Å². The van der Waals surface area contributed by atoms with Crippen LogP contribution in [0.1, 0.15) is 36.2 Å². The molecule has 3 N–H and O–H groups in total. The second-order valence-electron chi connectivity index (χ2n) is 4.93. The Bertz CT molecular complexity index is 647. The van der Waals surface area contributed by atoms with Gasteiger partial charge >= 0.3 is 0 Å². The van der Waals surface area contributed by atoms with Crippen molar-refractivity contribution < 1.29 is 5.21 Å². The summed E-state index contributed by atoms with van der Waals surface area (Å²) in [6.07, 6.45) is 8.96. The van der Waals surface area contributed by atoms with E-state index < -0.39 is 0 Å². The number of nitrogens with two attached hydrogens (primary N) is 1. The molecule has 2 heterocycles. The van der Waals surface area contributed by atoms with E-state index in [-0.39, 0.29) is 5.84 Å². The van der Waals surface area contributed by atoms with Crippen LogP contribution in [0.2, 0.25) is 0 Å². The van der Waals surface area contributed by atoms with E-state index in [1.165, 1.54) is 18.4 Å². The molecule has 6 heteroatoms. The summed E-state index contributed by atoms with van der Waals surface area (Å²) in [5, 5.41) is 12.0. The first-order valence-corrected chi connectivity index (χ1v) is 6.79. The van der Waals surface area contributed by atoms with Crippen LogP contribution in [0.5, 0.6) is 0 Å². The Morgan fingerprint density at radius 3 is 2.95 bits per heavy atom. The van der Waals surface area contributed by atoms with Gasteiger partial charge in [-0.05, 0) is 37.8 Å². The number of amidine groups is 1. The molecular weight excluding hydrogens is 254 g/mol. The third-order valence-electron chi connectivity index (χ3n) is 3.70. The molecule has 0 amide bonds. The quantitative estimate of drug-likeness (QED) is 0.285. The number of aryl methyl sites for hydroxylation is 1. The number of hydrogen-bond donors (Lipinski definition) is 2. The molecule has 0 aliphatic heterocycles. The van der Waals surface area contributed by atoms with Crippen molar-refractivity contribution in [3.8, 4) is 5.82 Å². The lowest BCUT2D eigenvalue weighted by Crippen LogP contribution is -2.19. The van der Waals surface area contributed by atoms with Gasteiger partial charge in [-0.15, -0.1) is 0 Å². The van der Waals surface area contributed by atoms with E-state index in [1.807, 2.05) is 16.8 Å². The highest BCUT2D eigenvalue weighted by Crippen LogP contribution is 2.24. The van der Waals surface area contributed by atoms with Crippen molar-refractivity contribution in [3.05, 3.63) is 41.6 Å². The molecule has 0 bridgehead atoms. The van der Waals surface area contributed by atoms with Gasteiger partial charge in [-0.25, -0.2) is 9.97 Å². The van der Waals surface area contributed by atoms with Gasteiger partial charge in [0, 0.05) is 17.5 Å². The van der Waals surface area contributed by atoms with Crippen LogP contribution in [0.4, 0.5) is 0 Å². The number of oxime groups is 1. The van der Waals surface area contributed by atoms with Crippen LogP contribution in [-0.4, -0.2) is 25.6 Å². The highest BCUT2D eigenvalue weighted by atomic mass is 16.4. The maximum absolute atomic E-state index is 8.88. The summed E-state index contributed by atoms with van der Waals surface area (Å²) >= 11 is 0. The number of aromatic nitrogens is 3. The van der Waals surface area contributed by atoms with Gasteiger partial charge in [0.15, 0.2) is 5.84 Å². The second-order valence-corrected chi connectivity index (χ2v) is 4.93. The van der Waals surface area contributed by atoms with E-state index in [0.29, 0.717) is 5.69 Å². The van der Waals surface area contributed by atoms with Crippen molar-refractivity contribution in [2.75, 3.05) is 0 Å². The van der Waals surface area contributed by atoms with E-state index in [0.717, 1.165) is 30.8 Å². The average molecular weight is 271 g/mol. The minimum atomic E-state index is 0.0796. The van der Waals surface area contributed by atoms with Gasteiger partial charge in [0.25, 0.3) is 0 Å². The maximum atomic E-state index is 8.88. The van der Waals surface area contributed by atoms with E-state index in [1.54, 1.807) is 12.4 Å². The van der Waals surface area contributed by atoms with Crippen molar-refractivity contribution in [2.45, 2.75) is 32.1 Å². The Balaban J connectivity index is 2.14. The molecular formula is C14H17N5O. The molecule has 2 aromatic heterocycles. The standard InChI is InChI=1S/C14H17N5O/c15-13(18-20)12-7-4-8-19(12)14-10-5-2-1-3-6-11(10)16-9-17-14/h4,7-9,20H,1-3,5-6H2,(H2,15,18). The molecule has 3 rings (SSSR count). The molecule has 0 fully saturated rings. The van der Waals surface area contributed by atoms with Gasteiger partial charge in [-0.2, -0.15) is 0 Å². The van der Waals surface area contributed by atoms with Crippen molar-refractivity contribution in [3.63, 3.8) is 0 Å². The van der Waals surface area contributed by atoms with E-state index >= 15 is 0 Å². The maximum Gasteiger partial charge on any atom is 0.187 e. The third kappa shape index (κ3) is 2.13. The summed E-state index contributed by atoms with van der Waals surface area (Å²) in [6, 6.07) is 3.67. The predicted octanol–water partition coefficient (Wildman–Crippen LogP) is 1.63. The van der Waals surface area contributed by atoms with E-state index in [9.17, 15) is 0 Å². The van der Waals surface area contributed by atoms with Gasteiger partial charge in [0.2, 0.25) is 0 Å². The normalized spacial score (nSPS) is 15.7. The summed E-state index contributed by atoms with van der Waals surface area (Å²) < 4.78 is 1.86. The van der Waals surface area contributed by atoms with Gasteiger partial charge in [0.05, 0.1) is 5.69 Å². The summed E-state index contributed by atoms with van der Waals surface area (Å²) in [5.74, 6) is 0.916. The fraction of sp³-hybridized carbons (Fsp3) is 0.357. The van der Waals surface area contributed by atoms with Crippen LogP contribution in [0.15, 0.2) is 29.8 Å². The Morgan fingerprint density at radius 1 is 1.25 bits per heavy atom. The zero-order valence-electron chi connectivity index (χ0n) is 11.2. The third-order valence-corrected chi connectivity index (χ3v) is 3.70. The molecule has 1 aliphatic carbocycles. The van der Waals surface area contributed by atoms with Gasteiger partial charge in [-0.1, -0.05) is 11.6 Å². The first kappa shape index (κ1) is 12.7. The van der Waals surface area contributed by atoms with Crippen molar-refractivity contribution >= 4 is 5.84 Å². The Labute approximate surface area is 117 Å². The zero-order valence-corrected chi connectivity index (χ0v) is 11.2. The number of fused-ring (bicyclic) bond motifs is 1. The number of nitrogens with zero attached hydrogens (tertiary/aromatic N) is 4. The molecule has 0 saturated heterocycles. The molecule has 6 nitrogen and oxygen atoms in total.